The second-order valence-electron chi connectivity index (χ2n) is 6.61. The molecule has 1 N–H and O–H groups in total. The molecule has 4 nitrogen and oxygen atoms in total. The summed E-state index contributed by atoms with van der Waals surface area (Å²) in [5.74, 6) is 0.630. The zero-order valence-corrected chi connectivity index (χ0v) is 17.9. The smallest absolute Gasteiger partial charge is 0.258 e. The van der Waals surface area contributed by atoms with Gasteiger partial charge in [-0.1, -0.05) is 41.6 Å². The molecule has 0 saturated heterocycles. The van der Waals surface area contributed by atoms with Gasteiger partial charge in [0, 0.05) is 11.4 Å². The van der Waals surface area contributed by atoms with Crippen molar-refractivity contribution in [1.29, 1.82) is 0 Å². The highest BCUT2D eigenvalue weighted by molar-refractivity contribution is 8.01. The van der Waals surface area contributed by atoms with Gasteiger partial charge in [0.05, 0.1) is 22.4 Å². The predicted octanol–water partition coefficient (Wildman–Crippen LogP) is 6.17. The number of aromatic nitrogens is 1. The molecule has 0 saturated carbocycles. The number of amides is 1. The highest BCUT2D eigenvalue weighted by atomic mass is 32.2. The molecule has 7 heteroatoms. The van der Waals surface area contributed by atoms with Crippen LogP contribution in [0, 0.1) is 12.7 Å². The van der Waals surface area contributed by atoms with Gasteiger partial charge in [0.1, 0.15) is 11.6 Å². The standard InChI is InChI=1S/C23H19FN2O2S2/c1-15-6-9-17(10-7-15)28-12-13-29-23-26-20-11-8-16(14-21(20)30-23)25-22(27)18-4-2-3-5-19(18)24/h2-11,14H,12-13H2,1H3,(H,25,27). The van der Waals surface area contributed by atoms with Crippen LogP contribution in [-0.2, 0) is 0 Å². The molecule has 0 aliphatic rings. The summed E-state index contributed by atoms with van der Waals surface area (Å²) in [7, 11) is 0. The number of hydrogen-bond acceptors (Lipinski definition) is 5. The average Bonchev–Trinajstić information content (AvgIpc) is 3.15. The van der Waals surface area contributed by atoms with Crippen molar-refractivity contribution in [3.8, 4) is 5.75 Å². The third-order valence-electron chi connectivity index (χ3n) is 4.34. The first-order valence-corrected chi connectivity index (χ1v) is 11.2. The molecule has 1 aromatic heterocycles. The Bertz CT molecular complexity index is 1180. The van der Waals surface area contributed by atoms with Gasteiger partial charge in [0.2, 0.25) is 0 Å². The van der Waals surface area contributed by atoms with Crippen molar-refractivity contribution in [3.05, 3.63) is 83.7 Å². The second-order valence-corrected chi connectivity index (χ2v) is 8.98. The topological polar surface area (TPSA) is 51.2 Å². The van der Waals surface area contributed by atoms with Crippen molar-refractivity contribution in [2.75, 3.05) is 17.7 Å². The third-order valence-corrected chi connectivity index (χ3v) is 6.47. The van der Waals surface area contributed by atoms with E-state index < -0.39 is 11.7 Å². The quantitative estimate of drug-likeness (QED) is 0.277. The lowest BCUT2D eigenvalue weighted by Gasteiger charge is -2.05. The maximum absolute atomic E-state index is 13.8. The molecule has 4 rings (SSSR count). The Morgan fingerprint density at radius 2 is 1.93 bits per heavy atom. The van der Waals surface area contributed by atoms with Crippen LogP contribution in [0.25, 0.3) is 10.2 Å². The summed E-state index contributed by atoms with van der Waals surface area (Å²) >= 11 is 3.19. The summed E-state index contributed by atoms with van der Waals surface area (Å²) < 4.78 is 21.4. The molecular formula is C23H19FN2O2S2. The minimum absolute atomic E-state index is 0.0201. The van der Waals surface area contributed by atoms with Crippen molar-refractivity contribution in [2.24, 2.45) is 0 Å². The number of halogens is 1. The zero-order valence-electron chi connectivity index (χ0n) is 16.2. The number of rotatable bonds is 7. The minimum Gasteiger partial charge on any atom is -0.493 e. The van der Waals surface area contributed by atoms with Crippen LogP contribution >= 0.6 is 23.1 Å². The summed E-state index contributed by atoms with van der Waals surface area (Å²) in [4.78, 5) is 16.9. The lowest BCUT2D eigenvalue weighted by atomic mass is 10.2. The van der Waals surface area contributed by atoms with Crippen molar-refractivity contribution in [3.63, 3.8) is 0 Å². The van der Waals surface area contributed by atoms with E-state index in [9.17, 15) is 9.18 Å². The summed E-state index contributed by atoms with van der Waals surface area (Å²) in [6.45, 7) is 2.64. The monoisotopic (exact) mass is 438 g/mol. The fourth-order valence-electron chi connectivity index (χ4n) is 2.81. The average molecular weight is 439 g/mol. The van der Waals surface area contributed by atoms with Gasteiger partial charge in [-0.15, -0.1) is 11.3 Å². The van der Waals surface area contributed by atoms with Gasteiger partial charge in [-0.05, 0) is 49.4 Å². The molecule has 0 fully saturated rings. The molecule has 0 bridgehead atoms. The zero-order chi connectivity index (χ0) is 20.9. The van der Waals surface area contributed by atoms with Crippen molar-refractivity contribution in [1.82, 2.24) is 4.98 Å². The molecular weight excluding hydrogens is 419 g/mol. The van der Waals surface area contributed by atoms with Gasteiger partial charge in [0.15, 0.2) is 4.34 Å². The first-order chi connectivity index (χ1) is 14.6. The molecule has 4 aromatic rings. The van der Waals surface area contributed by atoms with E-state index in [1.807, 2.05) is 43.3 Å². The van der Waals surface area contributed by atoms with Crippen molar-refractivity contribution >= 4 is 44.9 Å². The van der Waals surface area contributed by atoms with E-state index in [0.29, 0.717) is 12.3 Å². The Balaban J connectivity index is 1.35. The molecule has 0 unspecified atom stereocenters. The van der Waals surface area contributed by atoms with Crippen LogP contribution in [0.4, 0.5) is 10.1 Å². The number of ether oxygens (including phenoxy) is 1. The molecule has 1 amide bonds. The number of nitrogens with zero attached hydrogens (tertiary/aromatic N) is 1. The molecule has 3 aromatic carbocycles. The van der Waals surface area contributed by atoms with Crippen LogP contribution < -0.4 is 10.1 Å². The van der Waals surface area contributed by atoms with E-state index in [-0.39, 0.29) is 5.56 Å². The van der Waals surface area contributed by atoms with Crippen LogP contribution in [0.2, 0.25) is 0 Å². The maximum Gasteiger partial charge on any atom is 0.258 e. The normalized spacial score (nSPS) is 10.9. The number of nitrogens with one attached hydrogen (secondary N) is 1. The van der Waals surface area contributed by atoms with E-state index in [1.54, 1.807) is 41.3 Å². The Kier molecular flexibility index (Phi) is 6.30. The van der Waals surface area contributed by atoms with Gasteiger partial charge in [-0.3, -0.25) is 4.79 Å². The maximum atomic E-state index is 13.8. The number of carbonyl (C=O) groups is 1. The lowest BCUT2D eigenvalue weighted by Crippen LogP contribution is -2.13. The Morgan fingerprint density at radius 3 is 2.73 bits per heavy atom. The number of benzene rings is 3. The van der Waals surface area contributed by atoms with Crippen molar-refractivity contribution in [2.45, 2.75) is 11.3 Å². The molecule has 0 aliphatic heterocycles. The highest BCUT2D eigenvalue weighted by Crippen LogP contribution is 2.31. The van der Waals surface area contributed by atoms with Crippen LogP contribution in [0.3, 0.4) is 0 Å². The fourth-order valence-corrected chi connectivity index (χ4v) is 4.81. The number of thiazole rings is 1. The molecule has 0 radical (unpaired) electrons. The number of fused-ring (bicyclic) bond motifs is 1. The first kappa shape index (κ1) is 20.4. The molecule has 30 heavy (non-hydrogen) atoms. The fraction of sp³-hybridized carbons (Fsp3) is 0.130. The number of carbonyl (C=O) groups excluding carboxylic acids is 1. The second kappa shape index (κ2) is 9.28. The van der Waals surface area contributed by atoms with Gasteiger partial charge in [-0.2, -0.15) is 0 Å². The van der Waals surface area contributed by atoms with E-state index in [4.69, 9.17) is 4.74 Å². The predicted molar refractivity (Wildman–Crippen MR) is 121 cm³/mol. The van der Waals surface area contributed by atoms with Gasteiger partial charge in [-0.25, -0.2) is 9.37 Å². The van der Waals surface area contributed by atoms with E-state index in [1.165, 1.54) is 17.7 Å². The summed E-state index contributed by atoms with van der Waals surface area (Å²) in [6, 6.07) is 19.4. The van der Waals surface area contributed by atoms with Crippen LogP contribution in [0.15, 0.2) is 71.1 Å². The first-order valence-electron chi connectivity index (χ1n) is 9.37. The van der Waals surface area contributed by atoms with E-state index in [2.05, 4.69) is 10.3 Å². The highest BCUT2D eigenvalue weighted by Gasteiger charge is 2.12. The third kappa shape index (κ3) is 4.98. The molecule has 0 spiro atoms. The van der Waals surface area contributed by atoms with Crippen molar-refractivity contribution < 1.29 is 13.9 Å². The number of thioether (sulfide) groups is 1. The largest absolute Gasteiger partial charge is 0.493 e. The number of anilines is 1. The van der Waals surface area contributed by atoms with E-state index in [0.717, 1.165) is 26.1 Å². The molecule has 0 aliphatic carbocycles. The summed E-state index contributed by atoms with van der Waals surface area (Å²) in [5, 5.41) is 2.75. The van der Waals surface area contributed by atoms with E-state index >= 15 is 0 Å². The minimum atomic E-state index is -0.541. The summed E-state index contributed by atoms with van der Waals surface area (Å²) in [6.07, 6.45) is 0. The van der Waals surface area contributed by atoms with Gasteiger partial charge >= 0.3 is 0 Å². The Morgan fingerprint density at radius 1 is 1.13 bits per heavy atom. The number of aryl methyl sites for hydroxylation is 1. The molecule has 0 atom stereocenters. The summed E-state index contributed by atoms with van der Waals surface area (Å²) in [5.41, 5.74) is 2.70. The Labute approximate surface area is 182 Å². The van der Waals surface area contributed by atoms with Crippen LogP contribution in [0.1, 0.15) is 15.9 Å². The van der Waals surface area contributed by atoms with Crippen LogP contribution in [-0.4, -0.2) is 23.3 Å². The number of hydrogen-bond donors (Lipinski definition) is 1. The molecule has 152 valence electrons. The van der Waals surface area contributed by atoms with Gasteiger partial charge < -0.3 is 10.1 Å². The van der Waals surface area contributed by atoms with Crippen LogP contribution in [0.5, 0.6) is 5.75 Å². The lowest BCUT2D eigenvalue weighted by molar-refractivity contribution is 0.102. The molecule has 1 heterocycles. The Hall–Kier alpha value is -2.90. The van der Waals surface area contributed by atoms with Gasteiger partial charge in [0.25, 0.3) is 5.91 Å². The SMILES string of the molecule is Cc1ccc(OCCSc2nc3ccc(NC(=O)c4ccccc4F)cc3s2)cc1.